The Labute approximate surface area is 177 Å². The van der Waals surface area contributed by atoms with E-state index in [4.69, 9.17) is 4.74 Å². The molecule has 1 aromatic carbocycles. The summed E-state index contributed by atoms with van der Waals surface area (Å²) < 4.78 is 5.57. The van der Waals surface area contributed by atoms with Gasteiger partial charge in [0.05, 0.1) is 6.10 Å². The number of benzene rings is 1. The van der Waals surface area contributed by atoms with E-state index in [9.17, 15) is 4.79 Å². The van der Waals surface area contributed by atoms with Crippen LogP contribution in [0.15, 0.2) is 35.5 Å². The minimum atomic E-state index is -0.0531. The molecule has 1 saturated heterocycles. The molecule has 1 atom stereocenters. The normalized spacial score (nSPS) is 16.0. The number of anilines is 1. The highest BCUT2D eigenvalue weighted by atomic mass is 32.2. The summed E-state index contributed by atoms with van der Waals surface area (Å²) in [4.78, 5) is 23.8. The highest BCUT2D eigenvalue weighted by Gasteiger charge is 2.17. The van der Waals surface area contributed by atoms with Crippen LogP contribution in [0.3, 0.4) is 0 Å². The molecule has 2 aromatic rings. The Hall–Kier alpha value is -2.12. The van der Waals surface area contributed by atoms with E-state index < -0.39 is 0 Å². The predicted octanol–water partition coefficient (Wildman–Crippen LogP) is 3.83. The third-order valence-corrected chi connectivity index (χ3v) is 5.76. The van der Waals surface area contributed by atoms with Crippen LogP contribution in [0.2, 0.25) is 0 Å². The van der Waals surface area contributed by atoms with Crippen LogP contribution in [-0.2, 0) is 10.5 Å². The summed E-state index contributed by atoms with van der Waals surface area (Å²) >= 11 is 1.59. The van der Waals surface area contributed by atoms with Gasteiger partial charge in [-0.3, -0.25) is 4.79 Å². The Kier molecular flexibility index (Phi) is 7.89. The van der Waals surface area contributed by atoms with Crippen molar-refractivity contribution in [3.05, 3.63) is 47.2 Å². The van der Waals surface area contributed by atoms with Gasteiger partial charge in [0.2, 0.25) is 0 Å². The number of aryl methyl sites for hydroxylation is 1. The molecule has 156 valence electrons. The fourth-order valence-corrected chi connectivity index (χ4v) is 4.14. The zero-order chi connectivity index (χ0) is 20.6. The fraction of sp³-hybridized carbons (Fsp3) is 0.500. The van der Waals surface area contributed by atoms with E-state index in [0.717, 1.165) is 54.6 Å². The SMILES string of the molecule is CCCN(C)c1cc(C)nc(SCc2cccc(C(=O)NC[C@@H]3CCCO3)c2)n1. The number of carbonyl (C=O) groups is 1. The Morgan fingerprint density at radius 1 is 1.34 bits per heavy atom. The first-order valence-electron chi connectivity index (χ1n) is 10.2. The quantitative estimate of drug-likeness (QED) is 0.497. The van der Waals surface area contributed by atoms with E-state index in [0.29, 0.717) is 17.9 Å². The number of carbonyl (C=O) groups excluding carboxylic acids is 1. The maximum Gasteiger partial charge on any atom is 0.251 e. The number of rotatable bonds is 9. The van der Waals surface area contributed by atoms with Gasteiger partial charge in [0.1, 0.15) is 5.82 Å². The third-order valence-electron chi connectivity index (χ3n) is 4.84. The van der Waals surface area contributed by atoms with Crippen LogP contribution >= 0.6 is 11.8 Å². The summed E-state index contributed by atoms with van der Waals surface area (Å²) in [7, 11) is 2.05. The summed E-state index contributed by atoms with van der Waals surface area (Å²) in [6, 6.07) is 9.76. The van der Waals surface area contributed by atoms with Gasteiger partial charge in [-0.1, -0.05) is 30.8 Å². The van der Waals surface area contributed by atoms with Gasteiger partial charge in [-0.15, -0.1) is 0 Å². The molecule has 3 rings (SSSR count). The summed E-state index contributed by atoms with van der Waals surface area (Å²) in [5, 5.41) is 3.74. The first-order chi connectivity index (χ1) is 14.0. The summed E-state index contributed by atoms with van der Waals surface area (Å²) in [5.74, 6) is 1.61. The average molecular weight is 415 g/mol. The molecule has 6 nitrogen and oxygen atoms in total. The maximum absolute atomic E-state index is 12.4. The molecule has 0 radical (unpaired) electrons. The van der Waals surface area contributed by atoms with Crippen molar-refractivity contribution < 1.29 is 9.53 Å². The van der Waals surface area contributed by atoms with E-state index in [1.165, 1.54) is 0 Å². The standard InChI is InChI=1S/C22H30N4O2S/c1-4-10-26(3)20-12-16(2)24-22(25-20)29-15-17-7-5-8-18(13-17)21(27)23-14-19-9-6-11-28-19/h5,7-8,12-13,19H,4,6,9-11,14-15H2,1-3H3,(H,23,27)/t19-/m0/s1. The number of hydrogen-bond acceptors (Lipinski definition) is 6. The average Bonchev–Trinajstić information content (AvgIpc) is 3.24. The highest BCUT2D eigenvalue weighted by molar-refractivity contribution is 7.98. The summed E-state index contributed by atoms with van der Waals surface area (Å²) in [6.45, 7) is 6.48. The number of ether oxygens (including phenoxy) is 1. The smallest absolute Gasteiger partial charge is 0.251 e. The molecule has 1 aliphatic rings. The van der Waals surface area contributed by atoms with Crippen molar-refractivity contribution in [3.63, 3.8) is 0 Å². The number of hydrogen-bond donors (Lipinski definition) is 1. The van der Waals surface area contributed by atoms with Crippen molar-refractivity contribution in [1.29, 1.82) is 0 Å². The summed E-state index contributed by atoms with van der Waals surface area (Å²) in [6.07, 6.45) is 3.31. The lowest BCUT2D eigenvalue weighted by atomic mass is 10.1. The van der Waals surface area contributed by atoms with Crippen LogP contribution in [0, 0.1) is 6.92 Å². The van der Waals surface area contributed by atoms with Crippen molar-refractivity contribution >= 4 is 23.5 Å². The van der Waals surface area contributed by atoms with Gasteiger partial charge in [0.15, 0.2) is 5.16 Å². The lowest BCUT2D eigenvalue weighted by molar-refractivity contribution is 0.0857. The molecule has 2 heterocycles. The topological polar surface area (TPSA) is 67.4 Å². The minimum absolute atomic E-state index is 0.0531. The Bertz CT molecular complexity index is 824. The minimum Gasteiger partial charge on any atom is -0.376 e. The molecule has 0 unspecified atom stereocenters. The highest BCUT2D eigenvalue weighted by Crippen LogP contribution is 2.23. The van der Waals surface area contributed by atoms with Gasteiger partial charge in [-0.25, -0.2) is 9.97 Å². The van der Waals surface area contributed by atoms with Crippen LogP contribution in [0.25, 0.3) is 0 Å². The molecule has 1 N–H and O–H groups in total. The Morgan fingerprint density at radius 2 is 2.21 bits per heavy atom. The third kappa shape index (κ3) is 6.44. The van der Waals surface area contributed by atoms with Gasteiger partial charge in [0, 0.05) is 49.8 Å². The van der Waals surface area contributed by atoms with Crippen LogP contribution in [0.4, 0.5) is 5.82 Å². The second kappa shape index (κ2) is 10.6. The molecule has 0 spiro atoms. The van der Waals surface area contributed by atoms with Gasteiger partial charge in [0.25, 0.3) is 5.91 Å². The largest absolute Gasteiger partial charge is 0.376 e. The van der Waals surface area contributed by atoms with Crippen LogP contribution in [0.5, 0.6) is 0 Å². The molecular weight excluding hydrogens is 384 g/mol. The van der Waals surface area contributed by atoms with E-state index in [-0.39, 0.29) is 12.0 Å². The van der Waals surface area contributed by atoms with Crippen LogP contribution in [-0.4, -0.2) is 48.7 Å². The Morgan fingerprint density at radius 3 is 2.97 bits per heavy atom. The van der Waals surface area contributed by atoms with Gasteiger partial charge in [-0.05, 0) is 43.9 Å². The zero-order valence-corrected chi connectivity index (χ0v) is 18.3. The van der Waals surface area contributed by atoms with Crippen molar-refractivity contribution in [3.8, 4) is 0 Å². The van der Waals surface area contributed by atoms with E-state index >= 15 is 0 Å². The summed E-state index contributed by atoms with van der Waals surface area (Å²) in [5.41, 5.74) is 2.71. The molecular formula is C22H30N4O2S. The van der Waals surface area contributed by atoms with Crippen molar-refractivity contribution in [2.45, 2.75) is 50.1 Å². The fourth-order valence-electron chi connectivity index (χ4n) is 3.30. The lowest BCUT2D eigenvalue weighted by Gasteiger charge is -2.18. The van der Waals surface area contributed by atoms with Crippen molar-refractivity contribution in [2.75, 3.05) is 31.6 Å². The number of thioether (sulfide) groups is 1. The lowest BCUT2D eigenvalue weighted by Crippen LogP contribution is -2.31. The van der Waals surface area contributed by atoms with Gasteiger partial charge >= 0.3 is 0 Å². The van der Waals surface area contributed by atoms with Gasteiger partial charge < -0.3 is 15.0 Å². The van der Waals surface area contributed by atoms with Crippen LogP contribution in [0.1, 0.15) is 47.8 Å². The molecule has 0 bridgehead atoms. The van der Waals surface area contributed by atoms with E-state index in [1.54, 1.807) is 11.8 Å². The maximum atomic E-state index is 12.4. The molecule has 1 amide bonds. The van der Waals surface area contributed by atoms with E-state index in [2.05, 4.69) is 34.2 Å². The first-order valence-corrected chi connectivity index (χ1v) is 11.2. The molecule has 1 fully saturated rings. The molecule has 7 heteroatoms. The van der Waals surface area contributed by atoms with Crippen molar-refractivity contribution in [2.24, 2.45) is 0 Å². The Balaban J connectivity index is 1.59. The molecule has 1 aliphatic heterocycles. The second-order valence-electron chi connectivity index (χ2n) is 7.41. The molecule has 0 saturated carbocycles. The second-order valence-corrected chi connectivity index (χ2v) is 8.35. The number of nitrogens with zero attached hydrogens (tertiary/aromatic N) is 3. The molecule has 1 aromatic heterocycles. The molecule has 29 heavy (non-hydrogen) atoms. The number of amides is 1. The monoisotopic (exact) mass is 414 g/mol. The van der Waals surface area contributed by atoms with Gasteiger partial charge in [-0.2, -0.15) is 0 Å². The first kappa shape index (κ1) is 21.6. The predicted molar refractivity (Wildman–Crippen MR) is 118 cm³/mol. The number of aromatic nitrogens is 2. The van der Waals surface area contributed by atoms with E-state index in [1.807, 2.05) is 37.3 Å². The number of nitrogens with one attached hydrogen (secondary N) is 1. The van der Waals surface area contributed by atoms with Crippen molar-refractivity contribution in [1.82, 2.24) is 15.3 Å². The zero-order valence-electron chi connectivity index (χ0n) is 17.5. The van der Waals surface area contributed by atoms with Crippen LogP contribution < -0.4 is 10.2 Å². The molecule has 0 aliphatic carbocycles.